The molecule has 0 aliphatic carbocycles. The van der Waals surface area contributed by atoms with Gasteiger partial charge >= 0.3 is 0 Å². The summed E-state index contributed by atoms with van der Waals surface area (Å²) in [7, 11) is 0. The quantitative estimate of drug-likeness (QED) is 0.763. The van der Waals surface area contributed by atoms with Crippen molar-refractivity contribution in [1.82, 2.24) is 0 Å². The van der Waals surface area contributed by atoms with Crippen LogP contribution in [-0.2, 0) is 0 Å². The van der Waals surface area contributed by atoms with Crippen molar-refractivity contribution >= 4 is 11.0 Å². The zero-order chi connectivity index (χ0) is 14.3. The van der Waals surface area contributed by atoms with Gasteiger partial charge in [0.15, 0.2) is 11.6 Å². The fraction of sp³-hybridized carbons (Fsp3) is 0.125. The molecule has 3 aromatic rings. The van der Waals surface area contributed by atoms with Crippen molar-refractivity contribution in [2.24, 2.45) is 0 Å². The van der Waals surface area contributed by atoms with Crippen molar-refractivity contribution in [2.45, 2.75) is 13.0 Å². The molecule has 0 saturated carbocycles. The molecule has 3 rings (SSSR count). The highest BCUT2D eigenvalue weighted by Crippen LogP contribution is 2.35. The number of benzene rings is 2. The second kappa shape index (κ2) is 4.72. The SMILES string of the molecule is Cc1oc2ccccc2c1C(O)c1cccc(F)c1F. The van der Waals surface area contributed by atoms with E-state index in [1.807, 2.05) is 6.07 Å². The van der Waals surface area contributed by atoms with Gasteiger partial charge in [-0.25, -0.2) is 8.78 Å². The minimum Gasteiger partial charge on any atom is -0.461 e. The highest BCUT2D eigenvalue weighted by atomic mass is 19.2. The van der Waals surface area contributed by atoms with Crippen LogP contribution >= 0.6 is 0 Å². The summed E-state index contributed by atoms with van der Waals surface area (Å²) >= 11 is 0. The Labute approximate surface area is 114 Å². The minimum atomic E-state index is -1.27. The molecule has 1 atom stereocenters. The molecule has 20 heavy (non-hydrogen) atoms. The van der Waals surface area contributed by atoms with E-state index in [2.05, 4.69) is 0 Å². The average Bonchev–Trinajstić information content (AvgIpc) is 2.77. The number of aliphatic hydroxyl groups is 1. The van der Waals surface area contributed by atoms with E-state index >= 15 is 0 Å². The summed E-state index contributed by atoms with van der Waals surface area (Å²) < 4.78 is 32.6. The number of fused-ring (bicyclic) bond motifs is 1. The van der Waals surface area contributed by atoms with Gasteiger partial charge in [0.25, 0.3) is 0 Å². The summed E-state index contributed by atoms with van der Waals surface area (Å²) in [6, 6.07) is 10.9. The molecule has 2 aromatic carbocycles. The lowest BCUT2D eigenvalue weighted by atomic mass is 9.98. The van der Waals surface area contributed by atoms with Crippen LogP contribution in [0.5, 0.6) is 0 Å². The number of hydrogen-bond acceptors (Lipinski definition) is 2. The van der Waals surface area contributed by atoms with Gasteiger partial charge in [0.2, 0.25) is 0 Å². The molecule has 0 saturated heterocycles. The lowest BCUT2D eigenvalue weighted by molar-refractivity contribution is 0.212. The number of aliphatic hydroxyl groups excluding tert-OH is 1. The Balaban J connectivity index is 2.20. The molecule has 0 bridgehead atoms. The van der Waals surface area contributed by atoms with Gasteiger partial charge in [0.05, 0.1) is 0 Å². The minimum absolute atomic E-state index is 0.0975. The third-order valence-electron chi connectivity index (χ3n) is 3.37. The number of rotatable bonds is 2. The summed E-state index contributed by atoms with van der Waals surface area (Å²) in [6.45, 7) is 1.69. The molecule has 0 radical (unpaired) electrons. The maximum absolute atomic E-state index is 13.8. The van der Waals surface area contributed by atoms with E-state index in [0.717, 1.165) is 6.07 Å². The van der Waals surface area contributed by atoms with Crippen LogP contribution in [0.25, 0.3) is 11.0 Å². The molecular formula is C16H12F2O2. The predicted octanol–water partition coefficient (Wildman–Crippen LogP) is 4.10. The molecule has 0 aliphatic rings. The van der Waals surface area contributed by atoms with Gasteiger partial charge in [-0.3, -0.25) is 0 Å². The smallest absolute Gasteiger partial charge is 0.164 e. The Morgan fingerprint density at radius 3 is 2.60 bits per heavy atom. The zero-order valence-corrected chi connectivity index (χ0v) is 10.7. The van der Waals surface area contributed by atoms with Gasteiger partial charge < -0.3 is 9.52 Å². The Kier molecular flexibility index (Phi) is 3.03. The summed E-state index contributed by atoms with van der Waals surface area (Å²) in [4.78, 5) is 0. The maximum Gasteiger partial charge on any atom is 0.164 e. The Morgan fingerprint density at radius 1 is 1.05 bits per heavy atom. The number of furan rings is 1. The van der Waals surface area contributed by atoms with Crippen molar-refractivity contribution in [2.75, 3.05) is 0 Å². The van der Waals surface area contributed by atoms with Crippen LogP contribution in [0.15, 0.2) is 46.9 Å². The zero-order valence-electron chi connectivity index (χ0n) is 10.7. The molecule has 1 unspecified atom stereocenters. The average molecular weight is 274 g/mol. The standard InChI is InChI=1S/C16H12F2O2/c1-9-14(10-5-2-3-8-13(10)20-9)16(19)11-6-4-7-12(17)15(11)18/h2-8,16,19H,1H3. The Hall–Kier alpha value is -2.20. The normalized spacial score (nSPS) is 12.8. The number of halogens is 2. The second-order valence-corrected chi connectivity index (χ2v) is 4.61. The van der Waals surface area contributed by atoms with Gasteiger partial charge in [0, 0.05) is 16.5 Å². The van der Waals surface area contributed by atoms with Crippen LogP contribution in [0.1, 0.15) is 23.0 Å². The topological polar surface area (TPSA) is 33.4 Å². The fourth-order valence-electron chi connectivity index (χ4n) is 2.41. The molecule has 4 heteroatoms. The summed E-state index contributed by atoms with van der Waals surface area (Å²) in [5.74, 6) is -1.53. The van der Waals surface area contributed by atoms with Gasteiger partial charge in [-0.1, -0.05) is 30.3 Å². The van der Waals surface area contributed by atoms with E-state index in [9.17, 15) is 13.9 Å². The van der Waals surface area contributed by atoms with Gasteiger partial charge in [-0.15, -0.1) is 0 Å². The third kappa shape index (κ3) is 1.89. The molecule has 0 fully saturated rings. The summed E-state index contributed by atoms with van der Waals surface area (Å²) in [6.07, 6.45) is -1.27. The van der Waals surface area contributed by atoms with Gasteiger partial charge in [-0.05, 0) is 19.1 Å². The number of para-hydroxylation sites is 1. The molecule has 0 spiro atoms. The molecular weight excluding hydrogens is 262 g/mol. The van der Waals surface area contributed by atoms with Crippen LogP contribution in [0, 0.1) is 18.6 Å². The Morgan fingerprint density at radius 2 is 1.80 bits per heavy atom. The first kappa shape index (κ1) is 12.8. The summed E-state index contributed by atoms with van der Waals surface area (Å²) in [5, 5.41) is 11.1. The molecule has 1 N–H and O–H groups in total. The lowest BCUT2D eigenvalue weighted by Crippen LogP contribution is -2.04. The highest BCUT2D eigenvalue weighted by Gasteiger charge is 2.23. The molecule has 1 heterocycles. The van der Waals surface area contributed by atoms with Crippen molar-refractivity contribution in [3.05, 3.63) is 71.0 Å². The highest BCUT2D eigenvalue weighted by molar-refractivity contribution is 5.83. The van der Waals surface area contributed by atoms with E-state index in [4.69, 9.17) is 4.42 Å². The van der Waals surface area contributed by atoms with Crippen LogP contribution in [0.2, 0.25) is 0 Å². The molecule has 0 amide bonds. The van der Waals surface area contributed by atoms with Crippen molar-refractivity contribution < 1.29 is 18.3 Å². The molecule has 2 nitrogen and oxygen atoms in total. The second-order valence-electron chi connectivity index (χ2n) is 4.61. The summed E-state index contributed by atoms with van der Waals surface area (Å²) in [5.41, 5.74) is 0.973. The number of aryl methyl sites for hydroxylation is 1. The number of hydrogen-bond donors (Lipinski definition) is 1. The van der Waals surface area contributed by atoms with E-state index in [1.54, 1.807) is 25.1 Å². The first-order chi connectivity index (χ1) is 9.59. The van der Waals surface area contributed by atoms with Crippen LogP contribution < -0.4 is 0 Å². The fourth-order valence-corrected chi connectivity index (χ4v) is 2.41. The largest absolute Gasteiger partial charge is 0.461 e. The van der Waals surface area contributed by atoms with E-state index < -0.39 is 17.7 Å². The first-order valence-corrected chi connectivity index (χ1v) is 6.19. The van der Waals surface area contributed by atoms with Gasteiger partial charge in [0.1, 0.15) is 17.4 Å². The van der Waals surface area contributed by atoms with Crippen LogP contribution in [-0.4, -0.2) is 5.11 Å². The first-order valence-electron chi connectivity index (χ1n) is 6.19. The maximum atomic E-state index is 13.8. The van der Waals surface area contributed by atoms with E-state index in [0.29, 0.717) is 22.3 Å². The van der Waals surface area contributed by atoms with Crippen molar-refractivity contribution in [3.63, 3.8) is 0 Å². The van der Waals surface area contributed by atoms with Crippen molar-refractivity contribution in [3.8, 4) is 0 Å². The molecule has 1 aromatic heterocycles. The van der Waals surface area contributed by atoms with E-state index in [-0.39, 0.29) is 5.56 Å². The molecule has 0 aliphatic heterocycles. The lowest BCUT2D eigenvalue weighted by Gasteiger charge is -2.12. The monoisotopic (exact) mass is 274 g/mol. The van der Waals surface area contributed by atoms with Gasteiger partial charge in [-0.2, -0.15) is 0 Å². The Bertz CT molecular complexity index is 777. The predicted molar refractivity (Wildman–Crippen MR) is 71.4 cm³/mol. The van der Waals surface area contributed by atoms with E-state index in [1.165, 1.54) is 12.1 Å². The van der Waals surface area contributed by atoms with Crippen LogP contribution in [0.4, 0.5) is 8.78 Å². The van der Waals surface area contributed by atoms with Crippen molar-refractivity contribution in [1.29, 1.82) is 0 Å². The van der Waals surface area contributed by atoms with Crippen LogP contribution in [0.3, 0.4) is 0 Å². The molecule has 102 valence electrons. The third-order valence-corrected chi connectivity index (χ3v) is 3.37.